The SMILES string of the molecule is COc1ccc(/C=C/C(=O)OCC(=O)N2CCN(c3ncccn3)CC2)cc1OC. The lowest BCUT2D eigenvalue weighted by Gasteiger charge is -2.34. The number of methoxy groups -OCH3 is 2. The molecule has 1 aliphatic heterocycles. The first-order valence-electron chi connectivity index (χ1n) is 9.47. The van der Waals surface area contributed by atoms with Crippen LogP contribution in [0.25, 0.3) is 6.08 Å². The molecule has 30 heavy (non-hydrogen) atoms. The number of benzene rings is 1. The van der Waals surface area contributed by atoms with Crippen molar-refractivity contribution in [2.24, 2.45) is 0 Å². The maximum Gasteiger partial charge on any atom is 0.331 e. The molecule has 0 bridgehead atoms. The van der Waals surface area contributed by atoms with Crippen LogP contribution >= 0.6 is 0 Å². The zero-order valence-electron chi connectivity index (χ0n) is 17.0. The van der Waals surface area contributed by atoms with E-state index in [1.165, 1.54) is 13.2 Å². The first kappa shape index (κ1) is 21.1. The number of amides is 1. The molecule has 1 fully saturated rings. The van der Waals surface area contributed by atoms with Gasteiger partial charge in [0, 0.05) is 44.6 Å². The number of anilines is 1. The van der Waals surface area contributed by atoms with Gasteiger partial charge in [-0.1, -0.05) is 6.07 Å². The topological polar surface area (TPSA) is 94.1 Å². The third-order valence-corrected chi connectivity index (χ3v) is 4.62. The van der Waals surface area contributed by atoms with E-state index in [0.29, 0.717) is 43.6 Å². The molecule has 0 atom stereocenters. The molecule has 1 amide bonds. The molecular weight excluding hydrogens is 388 g/mol. The molecule has 1 saturated heterocycles. The maximum atomic E-state index is 12.3. The Labute approximate surface area is 174 Å². The highest BCUT2D eigenvalue weighted by molar-refractivity contribution is 5.89. The Bertz CT molecular complexity index is 896. The van der Waals surface area contributed by atoms with Gasteiger partial charge in [0.2, 0.25) is 5.95 Å². The standard InChI is InChI=1S/C21H24N4O5/c1-28-17-6-4-16(14-18(17)29-2)5-7-20(27)30-15-19(26)24-10-12-25(13-11-24)21-22-8-3-9-23-21/h3-9,14H,10-13,15H2,1-2H3/b7-5+. The van der Waals surface area contributed by atoms with E-state index in [4.69, 9.17) is 14.2 Å². The van der Waals surface area contributed by atoms with Crippen LogP contribution in [0.5, 0.6) is 11.5 Å². The number of rotatable bonds is 7. The Morgan fingerprint density at radius 1 is 1.03 bits per heavy atom. The van der Waals surface area contributed by atoms with Crippen molar-refractivity contribution in [1.82, 2.24) is 14.9 Å². The van der Waals surface area contributed by atoms with Crippen LogP contribution in [0.15, 0.2) is 42.7 Å². The predicted molar refractivity (Wildman–Crippen MR) is 110 cm³/mol. The number of hydrogen-bond donors (Lipinski definition) is 0. The lowest BCUT2D eigenvalue weighted by Crippen LogP contribution is -2.50. The third kappa shape index (κ3) is 5.47. The predicted octanol–water partition coefficient (Wildman–Crippen LogP) is 1.40. The van der Waals surface area contributed by atoms with Crippen molar-refractivity contribution < 1.29 is 23.8 Å². The summed E-state index contributed by atoms with van der Waals surface area (Å²) in [5.41, 5.74) is 0.746. The fourth-order valence-corrected chi connectivity index (χ4v) is 3.00. The van der Waals surface area contributed by atoms with Gasteiger partial charge in [-0.3, -0.25) is 4.79 Å². The van der Waals surface area contributed by atoms with Crippen molar-refractivity contribution in [2.45, 2.75) is 0 Å². The summed E-state index contributed by atoms with van der Waals surface area (Å²) >= 11 is 0. The van der Waals surface area contributed by atoms with Crippen molar-refractivity contribution in [3.05, 3.63) is 48.3 Å². The first-order chi connectivity index (χ1) is 14.6. The summed E-state index contributed by atoms with van der Waals surface area (Å²) in [6, 6.07) is 7.03. The minimum atomic E-state index is -0.588. The highest BCUT2D eigenvalue weighted by Crippen LogP contribution is 2.27. The minimum Gasteiger partial charge on any atom is -0.493 e. The minimum absolute atomic E-state index is 0.225. The summed E-state index contributed by atoms with van der Waals surface area (Å²) in [5.74, 6) is 0.993. The van der Waals surface area contributed by atoms with Gasteiger partial charge in [0.05, 0.1) is 14.2 Å². The lowest BCUT2D eigenvalue weighted by atomic mass is 10.2. The molecule has 0 aliphatic carbocycles. The molecule has 9 heteroatoms. The highest BCUT2D eigenvalue weighted by atomic mass is 16.5. The summed E-state index contributed by atoms with van der Waals surface area (Å²) in [6.07, 6.45) is 6.25. The van der Waals surface area contributed by atoms with Crippen LogP contribution in [-0.4, -0.2) is 73.7 Å². The van der Waals surface area contributed by atoms with Crippen molar-refractivity contribution >= 4 is 23.9 Å². The Hall–Kier alpha value is -3.62. The smallest absolute Gasteiger partial charge is 0.331 e. The zero-order valence-corrected chi connectivity index (χ0v) is 17.0. The molecule has 0 spiro atoms. The first-order valence-corrected chi connectivity index (χ1v) is 9.47. The van der Waals surface area contributed by atoms with Crippen molar-refractivity contribution in [2.75, 3.05) is 51.9 Å². The highest BCUT2D eigenvalue weighted by Gasteiger charge is 2.23. The van der Waals surface area contributed by atoms with Crippen LogP contribution in [0, 0.1) is 0 Å². The Morgan fingerprint density at radius 2 is 1.73 bits per heavy atom. The number of carbonyl (C=O) groups is 2. The van der Waals surface area contributed by atoms with Gasteiger partial charge in [0.1, 0.15) is 0 Å². The third-order valence-electron chi connectivity index (χ3n) is 4.62. The van der Waals surface area contributed by atoms with Crippen molar-refractivity contribution in [1.29, 1.82) is 0 Å². The number of hydrogen-bond acceptors (Lipinski definition) is 8. The number of esters is 1. The van der Waals surface area contributed by atoms with E-state index < -0.39 is 5.97 Å². The Balaban J connectivity index is 1.45. The van der Waals surface area contributed by atoms with Gasteiger partial charge >= 0.3 is 5.97 Å². The normalized spacial score (nSPS) is 13.9. The van der Waals surface area contributed by atoms with Gasteiger partial charge in [0.25, 0.3) is 5.91 Å². The number of piperazine rings is 1. The molecule has 0 saturated carbocycles. The molecular formula is C21H24N4O5. The lowest BCUT2D eigenvalue weighted by molar-refractivity contribution is -0.148. The van der Waals surface area contributed by atoms with Crippen LogP contribution < -0.4 is 14.4 Å². The second-order valence-electron chi connectivity index (χ2n) is 6.47. The number of aromatic nitrogens is 2. The zero-order chi connectivity index (χ0) is 21.3. The van der Waals surface area contributed by atoms with E-state index in [9.17, 15) is 9.59 Å². The van der Waals surface area contributed by atoms with Crippen molar-refractivity contribution in [3.63, 3.8) is 0 Å². The number of carbonyl (C=O) groups excluding carboxylic acids is 2. The summed E-state index contributed by atoms with van der Waals surface area (Å²) in [5, 5.41) is 0. The van der Waals surface area contributed by atoms with Crippen LogP contribution in [0.3, 0.4) is 0 Å². The monoisotopic (exact) mass is 412 g/mol. The molecule has 158 valence electrons. The van der Waals surface area contributed by atoms with Crippen LogP contribution in [0.1, 0.15) is 5.56 Å². The van der Waals surface area contributed by atoms with Gasteiger partial charge in [-0.2, -0.15) is 0 Å². The Morgan fingerprint density at radius 3 is 2.40 bits per heavy atom. The van der Waals surface area contributed by atoms with E-state index >= 15 is 0 Å². The van der Waals surface area contributed by atoms with Gasteiger partial charge in [0.15, 0.2) is 18.1 Å². The van der Waals surface area contributed by atoms with Gasteiger partial charge in [-0.15, -0.1) is 0 Å². The largest absolute Gasteiger partial charge is 0.493 e. The fraction of sp³-hybridized carbons (Fsp3) is 0.333. The molecule has 3 rings (SSSR count). The molecule has 1 aromatic heterocycles. The molecule has 0 unspecified atom stereocenters. The maximum absolute atomic E-state index is 12.3. The van der Waals surface area contributed by atoms with E-state index in [2.05, 4.69) is 9.97 Å². The number of nitrogens with zero attached hydrogens (tertiary/aromatic N) is 4. The van der Waals surface area contributed by atoms with Gasteiger partial charge in [-0.25, -0.2) is 14.8 Å². The second-order valence-corrected chi connectivity index (χ2v) is 6.47. The van der Waals surface area contributed by atoms with Gasteiger partial charge in [-0.05, 0) is 29.8 Å². The second kappa shape index (κ2) is 10.2. The molecule has 0 N–H and O–H groups in total. The summed E-state index contributed by atoms with van der Waals surface area (Å²) in [4.78, 5) is 36.4. The Kier molecular flexibility index (Phi) is 7.20. The molecule has 2 heterocycles. The van der Waals surface area contributed by atoms with E-state index in [-0.39, 0.29) is 12.5 Å². The fourth-order valence-electron chi connectivity index (χ4n) is 3.00. The molecule has 1 aliphatic rings. The van der Waals surface area contributed by atoms with Crippen LogP contribution in [0.4, 0.5) is 5.95 Å². The van der Waals surface area contributed by atoms with E-state index in [1.807, 2.05) is 4.90 Å². The van der Waals surface area contributed by atoms with Crippen molar-refractivity contribution in [3.8, 4) is 11.5 Å². The average molecular weight is 412 g/mol. The number of ether oxygens (including phenoxy) is 3. The summed E-state index contributed by atoms with van der Waals surface area (Å²) in [7, 11) is 3.09. The summed E-state index contributed by atoms with van der Waals surface area (Å²) in [6.45, 7) is 2.01. The molecule has 2 aromatic rings. The summed E-state index contributed by atoms with van der Waals surface area (Å²) < 4.78 is 15.5. The van der Waals surface area contributed by atoms with Gasteiger partial charge < -0.3 is 24.0 Å². The average Bonchev–Trinajstić information content (AvgIpc) is 2.81. The quantitative estimate of drug-likeness (QED) is 0.498. The molecule has 1 aromatic carbocycles. The van der Waals surface area contributed by atoms with Crippen LogP contribution in [-0.2, 0) is 14.3 Å². The molecule has 0 radical (unpaired) electrons. The van der Waals surface area contributed by atoms with Crippen LogP contribution in [0.2, 0.25) is 0 Å². The molecule has 9 nitrogen and oxygen atoms in total. The van der Waals surface area contributed by atoms with E-state index in [0.717, 1.165) is 5.56 Å². The van der Waals surface area contributed by atoms with E-state index in [1.54, 1.807) is 54.7 Å².